The molecular formula is C14H14N4O. The molecule has 2 N–H and O–H groups in total. The van der Waals surface area contributed by atoms with Gasteiger partial charge in [-0.05, 0) is 12.5 Å². The van der Waals surface area contributed by atoms with E-state index in [1.54, 1.807) is 6.92 Å². The molecule has 0 aliphatic heterocycles. The Kier molecular flexibility index (Phi) is 3.34. The van der Waals surface area contributed by atoms with Gasteiger partial charge in [0.15, 0.2) is 0 Å². The van der Waals surface area contributed by atoms with Gasteiger partial charge in [0.05, 0.1) is 11.8 Å². The number of primary amides is 1. The second-order valence-corrected chi connectivity index (χ2v) is 4.59. The summed E-state index contributed by atoms with van der Waals surface area (Å²) in [6.45, 7) is 1.72. The summed E-state index contributed by atoms with van der Waals surface area (Å²) in [7, 11) is 0. The molecule has 0 radical (unpaired) electrons. The minimum atomic E-state index is -0.990. The Bertz CT molecular complexity index is 626. The van der Waals surface area contributed by atoms with Crippen LogP contribution in [-0.4, -0.2) is 15.7 Å². The van der Waals surface area contributed by atoms with Crippen LogP contribution in [0.1, 0.15) is 18.1 Å². The molecule has 0 bridgehead atoms. The molecule has 5 heteroatoms. The monoisotopic (exact) mass is 254 g/mol. The van der Waals surface area contributed by atoms with Gasteiger partial charge in [0.2, 0.25) is 5.91 Å². The van der Waals surface area contributed by atoms with Gasteiger partial charge in [-0.25, -0.2) is 0 Å². The van der Waals surface area contributed by atoms with Crippen molar-refractivity contribution in [2.45, 2.75) is 18.9 Å². The van der Waals surface area contributed by atoms with E-state index >= 15 is 0 Å². The number of hydrogen-bond acceptors (Lipinski definition) is 3. The molecule has 1 unspecified atom stereocenters. The lowest BCUT2D eigenvalue weighted by Crippen LogP contribution is -2.46. The van der Waals surface area contributed by atoms with Crippen molar-refractivity contribution >= 4 is 5.91 Å². The maximum absolute atomic E-state index is 11.8. The lowest BCUT2D eigenvalue weighted by molar-refractivity contribution is -0.126. The van der Waals surface area contributed by atoms with Gasteiger partial charge < -0.3 is 5.73 Å². The highest BCUT2D eigenvalue weighted by Crippen LogP contribution is 2.21. The first-order valence-corrected chi connectivity index (χ1v) is 5.85. The highest BCUT2D eigenvalue weighted by molar-refractivity contribution is 5.82. The standard InChI is InChI=1S/C14H14N4O/c1-14(13(16)19,7-11-5-3-2-4-6-11)18-10-12(8-15)9-17-18/h2-6,9-10H,7H2,1H3,(H2,16,19). The van der Waals surface area contributed by atoms with Crippen LogP contribution in [-0.2, 0) is 16.8 Å². The van der Waals surface area contributed by atoms with Gasteiger partial charge in [0.25, 0.3) is 0 Å². The highest BCUT2D eigenvalue weighted by atomic mass is 16.1. The molecule has 1 aromatic heterocycles. The number of nitrogens with two attached hydrogens (primary N) is 1. The van der Waals surface area contributed by atoms with Crippen LogP contribution in [0.4, 0.5) is 0 Å². The smallest absolute Gasteiger partial charge is 0.245 e. The second-order valence-electron chi connectivity index (χ2n) is 4.59. The molecule has 1 atom stereocenters. The van der Waals surface area contributed by atoms with E-state index in [-0.39, 0.29) is 0 Å². The SMILES string of the molecule is CC(Cc1ccccc1)(C(N)=O)n1cc(C#N)cn1. The zero-order valence-electron chi connectivity index (χ0n) is 10.6. The summed E-state index contributed by atoms with van der Waals surface area (Å²) >= 11 is 0. The van der Waals surface area contributed by atoms with Crippen LogP contribution in [0.15, 0.2) is 42.7 Å². The fourth-order valence-electron chi connectivity index (χ4n) is 1.92. The topological polar surface area (TPSA) is 84.7 Å². The molecular weight excluding hydrogens is 240 g/mol. The van der Waals surface area contributed by atoms with Crippen molar-refractivity contribution < 1.29 is 4.79 Å². The largest absolute Gasteiger partial charge is 0.368 e. The van der Waals surface area contributed by atoms with E-state index in [1.165, 1.54) is 17.1 Å². The van der Waals surface area contributed by atoms with E-state index in [9.17, 15) is 4.79 Å². The molecule has 0 saturated carbocycles. The van der Waals surface area contributed by atoms with Gasteiger partial charge in [-0.2, -0.15) is 10.4 Å². The fourth-order valence-corrected chi connectivity index (χ4v) is 1.92. The molecule has 1 amide bonds. The molecule has 2 rings (SSSR count). The lowest BCUT2D eigenvalue weighted by atomic mass is 9.92. The van der Waals surface area contributed by atoms with Crippen molar-refractivity contribution in [1.82, 2.24) is 9.78 Å². The van der Waals surface area contributed by atoms with Crippen LogP contribution < -0.4 is 5.73 Å². The number of hydrogen-bond donors (Lipinski definition) is 1. The van der Waals surface area contributed by atoms with Crippen molar-refractivity contribution in [1.29, 1.82) is 5.26 Å². The maximum Gasteiger partial charge on any atom is 0.245 e. The summed E-state index contributed by atoms with van der Waals surface area (Å²) in [5, 5.41) is 12.9. The van der Waals surface area contributed by atoms with E-state index < -0.39 is 11.4 Å². The van der Waals surface area contributed by atoms with E-state index in [0.29, 0.717) is 12.0 Å². The Morgan fingerprint density at radius 3 is 2.68 bits per heavy atom. The Labute approximate surface area is 111 Å². The number of aromatic nitrogens is 2. The molecule has 19 heavy (non-hydrogen) atoms. The average Bonchev–Trinajstić information content (AvgIpc) is 2.89. The lowest BCUT2D eigenvalue weighted by Gasteiger charge is -2.26. The van der Waals surface area contributed by atoms with E-state index in [0.717, 1.165) is 5.56 Å². The van der Waals surface area contributed by atoms with Crippen molar-refractivity contribution in [2.75, 3.05) is 0 Å². The number of nitrogens with zero attached hydrogens (tertiary/aromatic N) is 3. The Balaban J connectivity index is 2.38. The minimum Gasteiger partial charge on any atom is -0.368 e. The zero-order valence-corrected chi connectivity index (χ0v) is 10.6. The average molecular weight is 254 g/mol. The van der Waals surface area contributed by atoms with Crippen LogP contribution in [0.5, 0.6) is 0 Å². The summed E-state index contributed by atoms with van der Waals surface area (Å²) in [5.74, 6) is -0.482. The first kappa shape index (κ1) is 12.8. The predicted octanol–water partition coefficient (Wildman–Crippen LogP) is 1.20. The summed E-state index contributed by atoms with van der Waals surface area (Å²) in [6, 6.07) is 11.6. The van der Waals surface area contributed by atoms with Crippen LogP contribution in [0, 0.1) is 11.3 Å². The zero-order chi connectivity index (χ0) is 13.9. The molecule has 0 fully saturated rings. The van der Waals surface area contributed by atoms with Crippen molar-refractivity contribution in [3.05, 3.63) is 53.9 Å². The summed E-state index contributed by atoms with van der Waals surface area (Å²) in [5.41, 5.74) is 5.92. The first-order valence-electron chi connectivity index (χ1n) is 5.85. The third-order valence-electron chi connectivity index (χ3n) is 3.14. The van der Waals surface area contributed by atoms with Crippen LogP contribution in [0.25, 0.3) is 0 Å². The Hall–Kier alpha value is -2.61. The fraction of sp³-hybridized carbons (Fsp3) is 0.214. The number of nitriles is 1. The summed E-state index contributed by atoms with van der Waals surface area (Å²) in [6.07, 6.45) is 3.38. The van der Waals surface area contributed by atoms with Crippen molar-refractivity contribution in [2.24, 2.45) is 5.73 Å². The predicted molar refractivity (Wildman–Crippen MR) is 69.9 cm³/mol. The van der Waals surface area contributed by atoms with E-state index in [2.05, 4.69) is 5.10 Å². The van der Waals surface area contributed by atoms with Gasteiger partial charge in [-0.3, -0.25) is 9.48 Å². The number of rotatable bonds is 4. The quantitative estimate of drug-likeness (QED) is 0.889. The minimum absolute atomic E-state index is 0.403. The van der Waals surface area contributed by atoms with Gasteiger partial charge >= 0.3 is 0 Å². The number of amides is 1. The molecule has 0 spiro atoms. The van der Waals surface area contributed by atoms with Gasteiger partial charge in [-0.15, -0.1) is 0 Å². The molecule has 2 aromatic rings. The first-order chi connectivity index (χ1) is 9.06. The van der Waals surface area contributed by atoms with Gasteiger partial charge in [-0.1, -0.05) is 30.3 Å². The van der Waals surface area contributed by atoms with Crippen LogP contribution >= 0.6 is 0 Å². The normalized spacial score (nSPS) is 13.5. The number of carbonyl (C=O) groups excluding carboxylic acids is 1. The van der Waals surface area contributed by atoms with Crippen LogP contribution in [0.2, 0.25) is 0 Å². The van der Waals surface area contributed by atoms with Gasteiger partial charge in [0.1, 0.15) is 11.6 Å². The molecule has 1 heterocycles. The molecule has 1 aromatic carbocycles. The maximum atomic E-state index is 11.8. The third-order valence-corrected chi connectivity index (χ3v) is 3.14. The van der Waals surface area contributed by atoms with E-state index in [4.69, 9.17) is 11.0 Å². The second kappa shape index (κ2) is 4.94. The third kappa shape index (κ3) is 2.47. The molecule has 96 valence electrons. The van der Waals surface area contributed by atoms with Crippen molar-refractivity contribution in [3.63, 3.8) is 0 Å². The molecule has 0 aliphatic carbocycles. The summed E-state index contributed by atoms with van der Waals surface area (Å²) in [4.78, 5) is 11.8. The Morgan fingerprint density at radius 1 is 1.47 bits per heavy atom. The van der Waals surface area contributed by atoms with Gasteiger partial charge in [0, 0.05) is 12.6 Å². The van der Waals surface area contributed by atoms with E-state index in [1.807, 2.05) is 36.4 Å². The summed E-state index contributed by atoms with van der Waals surface area (Å²) < 4.78 is 1.46. The van der Waals surface area contributed by atoms with Crippen molar-refractivity contribution in [3.8, 4) is 6.07 Å². The molecule has 0 aliphatic rings. The van der Waals surface area contributed by atoms with Crippen LogP contribution in [0.3, 0.4) is 0 Å². The number of benzene rings is 1. The molecule has 0 saturated heterocycles. The Morgan fingerprint density at radius 2 is 2.16 bits per heavy atom. The molecule has 5 nitrogen and oxygen atoms in total. The highest BCUT2D eigenvalue weighted by Gasteiger charge is 2.34. The number of carbonyl (C=O) groups is 1.